The summed E-state index contributed by atoms with van der Waals surface area (Å²) >= 11 is 0. The Balaban J connectivity index is 1.61. The number of nitrogens with zero attached hydrogens (tertiary/aromatic N) is 4. The van der Waals surface area contributed by atoms with E-state index >= 15 is 0 Å². The lowest BCUT2D eigenvalue weighted by Gasteiger charge is -2.20. The van der Waals surface area contributed by atoms with E-state index in [2.05, 4.69) is 45.4 Å². The fraction of sp³-hybridized carbons (Fsp3) is 0.310. The topological polar surface area (TPSA) is 125 Å². The molecule has 0 spiro atoms. The molecule has 0 bridgehead atoms. The van der Waals surface area contributed by atoms with Gasteiger partial charge >= 0.3 is 0 Å². The minimum atomic E-state index is -4.09. The van der Waals surface area contributed by atoms with Crippen molar-refractivity contribution in [3.8, 4) is 34.8 Å². The minimum Gasteiger partial charge on any atom is -0.493 e. The van der Waals surface area contributed by atoms with E-state index in [0.29, 0.717) is 24.0 Å². The first kappa shape index (κ1) is 27.3. The Morgan fingerprint density at radius 1 is 0.900 bits per heavy atom. The van der Waals surface area contributed by atoms with Crippen LogP contribution in [-0.2, 0) is 15.4 Å². The van der Waals surface area contributed by atoms with E-state index in [4.69, 9.17) is 14.2 Å². The summed E-state index contributed by atoms with van der Waals surface area (Å²) in [5, 5.41) is 0. The van der Waals surface area contributed by atoms with Gasteiger partial charge in [-0.3, -0.25) is 4.72 Å². The van der Waals surface area contributed by atoms with Gasteiger partial charge in [-0.05, 0) is 60.1 Å². The zero-order valence-electron chi connectivity index (χ0n) is 22.8. The van der Waals surface area contributed by atoms with Crippen LogP contribution in [-0.4, -0.2) is 42.1 Å². The standard InChI is InChI=1S/C29H31N5O5S/c1-29(2,3)20-12-14-21(15-13-20)40(35,36)34-25-24(39-23-9-6-5-8-22(23)37-4)28(38-18-19-10-11-19)33-27(32-25)26-30-16-7-17-31-26/h5-9,12-17,19H,10-11,18H2,1-4H3,(H,32,33,34). The lowest BCUT2D eigenvalue weighted by atomic mass is 9.87. The van der Waals surface area contributed by atoms with E-state index < -0.39 is 10.0 Å². The Kier molecular flexibility index (Phi) is 7.57. The Labute approximate surface area is 233 Å². The SMILES string of the molecule is COc1ccccc1Oc1c(NS(=O)(=O)c2ccc(C(C)(C)C)cc2)nc(-c2ncccn2)nc1OCC1CC1. The average molecular weight is 562 g/mol. The number of benzene rings is 2. The summed E-state index contributed by atoms with van der Waals surface area (Å²) in [7, 11) is -2.57. The van der Waals surface area contributed by atoms with Gasteiger partial charge in [0.15, 0.2) is 23.1 Å². The van der Waals surface area contributed by atoms with Gasteiger partial charge in [-0.2, -0.15) is 4.98 Å². The van der Waals surface area contributed by atoms with E-state index in [1.54, 1.807) is 67.0 Å². The van der Waals surface area contributed by atoms with Gasteiger partial charge < -0.3 is 14.2 Å². The van der Waals surface area contributed by atoms with Gasteiger partial charge in [0.05, 0.1) is 18.6 Å². The predicted octanol–water partition coefficient (Wildman–Crippen LogP) is 5.62. The third-order valence-corrected chi connectivity index (χ3v) is 7.65. The van der Waals surface area contributed by atoms with Crippen LogP contribution in [0.3, 0.4) is 0 Å². The highest BCUT2D eigenvalue weighted by molar-refractivity contribution is 7.92. The maximum Gasteiger partial charge on any atom is 0.263 e. The lowest BCUT2D eigenvalue weighted by Crippen LogP contribution is -2.17. The summed E-state index contributed by atoms with van der Waals surface area (Å²) in [6.45, 7) is 6.59. The van der Waals surface area contributed by atoms with Crippen LogP contribution in [0.1, 0.15) is 39.2 Å². The number of ether oxygens (including phenoxy) is 3. The highest BCUT2D eigenvalue weighted by Crippen LogP contribution is 2.42. The van der Waals surface area contributed by atoms with Crippen LogP contribution in [0, 0.1) is 5.92 Å². The molecule has 1 N–H and O–H groups in total. The Hall–Kier alpha value is -4.25. The zero-order valence-corrected chi connectivity index (χ0v) is 23.6. The molecule has 1 fully saturated rings. The number of sulfonamides is 1. The van der Waals surface area contributed by atoms with Crippen molar-refractivity contribution in [2.75, 3.05) is 18.4 Å². The quantitative estimate of drug-likeness (QED) is 0.262. The molecule has 1 aliphatic rings. The molecule has 0 aliphatic heterocycles. The molecule has 2 heterocycles. The molecule has 1 aliphatic carbocycles. The second-order valence-corrected chi connectivity index (χ2v) is 12.2. The van der Waals surface area contributed by atoms with E-state index in [-0.39, 0.29) is 39.4 Å². The largest absolute Gasteiger partial charge is 0.493 e. The molecule has 11 heteroatoms. The first-order chi connectivity index (χ1) is 19.1. The van der Waals surface area contributed by atoms with Crippen molar-refractivity contribution in [2.24, 2.45) is 5.92 Å². The summed E-state index contributed by atoms with van der Waals surface area (Å²) in [6.07, 6.45) is 5.20. The minimum absolute atomic E-state index is 0.000261. The molecule has 10 nitrogen and oxygen atoms in total. The van der Waals surface area contributed by atoms with Crippen molar-refractivity contribution >= 4 is 15.8 Å². The molecule has 1 saturated carbocycles. The first-order valence-corrected chi connectivity index (χ1v) is 14.4. The number of para-hydroxylation sites is 2. The Bertz CT molecular complexity index is 1590. The van der Waals surface area contributed by atoms with E-state index in [0.717, 1.165) is 18.4 Å². The molecule has 0 amide bonds. The molecule has 0 saturated heterocycles. The molecule has 0 unspecified atom stereocenters. The molecule has 208 valence electrons. The van der Waals surface area contributed by atoms with Gasteiger partial charge in [-0.25, -0.2) is 23.4 Å². The molecule has 2 aromatic heterocycles. The van der Waals surface area contributed by atoms with Crippen molar-refractivity contribution in [3.05, 3.63) is 72.6 Å². The normalized spacial score (nSPS) is 13.5. The fourth-order valence-corrected chi connectivity index (χ4v) is 4.82. The number of anilines is 1. The number of aromatic nitrogens is 4. The molecule has 0 atom stereocenters. The van der Waals surface area contributed by atoms with Crippen molar-refractivity contribution in [3.63, 3.8) is 0 Å². The van der Waals surface area contributed by atoms with Crippen LogP contribution >= 0.6 is 0 Å². The summed E-state index contributed by atoms with van der Waals surface area (Å²) in [5.74, 6) is 1.41. The second kappa shape index (κ2) is 11.1. The Morgan fingerprint density at radius 3 is 2.20 bits per heavy atom. The van der Waals surface area contributed by atoms with Crippen molar-refractivity contribution < 1.29 is 22.6 Å². The zero-order chi connectivity index (χ0) is 28.3. The summed E-state index contributed by atoms with van der Waals surface area (Å²) in [4.78, 5) is 17.6. The monoisotopic (exact) mass is 561 g/mol. The third-order valence-electron chi connectivity index (χ3n) is 6.30. The Morgan fingerprint density at radius 2 is 1.57 bits per heavy atom. The third kappa shape index (κ3) is 6.31. The van der Waals surface area contributed by atoms with Crippen LogP contribution in [0.4, 0.5) is 5.82 Å². The van der Waals surface area contributed by atoms with Crippen LogP contribution in [0.5, 0.6) is 23.1 Å². The van der Waals surface area contributed by atoms with Gasteiger partial charge in [0.25, 0.3) is 15.9 Å². The molecule has 0 radical (unpaired) electrons. The van der Waals surface area contributed by atoms with E-state index in [9.17, 15) is 8.42 Å². The van der Waals surface area contributed by atoms with E-state index in [1.165, 1.54) is 7.11 Å². The van der Waals surface area contributed by atoms with Crippen LogP contribution in [0.25, 0.3) is 11.6 Å². The number of rotatable bonds is 10. The fourth-order valence-electron chi connectivity index (χ4n) is 3.82. The van der Waals surface area contributed by atoms with Gasteiger partial charge in [0, 0.05) is 12.4 Å². The predicted molar refractivity (Wildman–Crippen MR) is 150 cm³/mol. The van der Waals surface area contributed by atoms with Gasteiger partial charge in [-0.15, -0.1) is 0 Å². The van der Waals surface area contributed by atoms with Crippen LogP contribution < -0.4 is 18.9 Å². The molecule has 4 aromatic rings. The number of hydrogen-bond acceptors (Lipinski definition) is 9. The number of nitrogens with one attached hydrogen (secondary N) is 1. The van der Waals surface area contributed by atoms with E-state index in [1.807, 2.05) is 0 Å². The van der Waals surface area contributed by atoms with Crippen LogP contribution in [0.2, 0.25) is 0 Å². The summed E-state index contributed by atoms with van der Waals surface area (Å²) in [6, 6.07) is 15.4. The van der Waals surface area contributed by atoms with Crippen LogP contribution in [0.15, 0.2) is 71.9 Å². The average Bonchev–Trinajstić information content (AvgIpc) is 3.78. The van der Waals surface area contributed by atoms with Crippen molar-refractivity contribution in [2.45, 2.75) is 43.9 Å². The number of hydrogen-bond donors (Lipinski definition) is 1. The first-order valence-electron chi connectivity index (χ1n) is 12.9. The second-order valence-electron chi connectivity index (χ2n) is 10.5. The van der Waals surface area contributed by atoms with Gasteiger partial charge in [0.1, 0.15) is 0 Å². The maximum absolute atomic E-state index is 13.6. The summed E-state index contributed by atoms with van der Waals surface area (Å²) < 4.78 is 47.5. The number of methoxy groups -OCH3 is 1. The highest BCUT2D eigenvalue weighted by atomic mass is 32.2. The molecule has 40 heavy (non-hydrogen) atoms. The molecule has 2 aromatic carbocycles. The van der Waals surface area contributed by atoms with Crippen molar-refractivity contribution in [1.82, 2.24) is 19.9 Å². The van der Waals surface area contributed by atoms with Gasteiger partial charge in [-0.1, -0.05) is 45.0 Å². The lowest BCUT2D eigenvalue weighted by molar-refractivity contribution is 0.273. The molecular weight excluding hydrogens is 530 g/mol. The van der Waals surface area contributed by atoms with Crippen molar-refractivity contribution in [1.29, 1.82) is 0 Å². The molecule has 5 rings (SSSR count). The maximum atomic E-state index is 13.6. The van der Waals surface area contributed by atoms with Gasteiger partial charge in [0.2, 0.25) is 11.6 Å². The molecular formula is C29H31N5O5S. The summed E-state index contributed by atoms with van der Waals surface area (Å²) in [5.41, 5.74) is 0.879. The smallest absolute Gasteiger partial charge is 0.263 e. The highest BCUT2D eigenvalue weighted by Gasteiger charge is 2.28.